The Balaban J connectivity index is 2.21. The molecule has 0 saturated carbocycles. The molecule has 0 spiro atoms. The largest absolute Gasteiger partial charge is 0.415 e. The van der Waals surface area contributed by atoms with Crippen molar-refractivity contribution in [2.24, 2.45) is 0 Å². The predicted octanol–water partition coefficient (Wildman–Crippen LogP) is 0.961. The van der Waals surface area contributed by atoms with E-state index in [4.69, 9.17) is 14.9 Å². The standard InChI is InChI=1S/C13H21F2N3O4Si/c1-4-23(2,3)21-7-8-10(19)13(14,15)11(22-8)18-6-5-9(16)17-12(18)20/h5-6,8,10-11,19H,4,7H2,1-3H3,(H2,16,17,20). The van der Waals surface area contributed by atoms with Crippen LogP contribution < -0.4 is 11.4 Å². The number of aromatic nitrogens is 2. The average molecular weight is 349 g/mol. The number of aliphatic hydroxyl groups excluding tert-OH is 1. The number of hydrogen-bond donors (Lipinski definition) is 2. The van der Waals surface area contributed by atoms with Gasteiger partial charge in [0.05, 0.1) is 6.61 Å². The van der Waals surface area contributed by atoms with Gasteiger partial charge >= 0.3 is 11.6 Å². The van der Waals surface area contributed by atoms with Crippen LogP contribution in [0.15, 0.2) is 17.1 Å². The number of halogens is 2. The van der Waals surface area contributed by atoms with Gasteiger partial charge in [-0.2, -0.15) is 13.8 Å². The minimum atomic E-state index is -3.65. The Bertz CT molecular complexity index is 625. The number of ether oxygens (including phenoxy) is 1. The zero-order chi connectivity index (χ0) is 17.4. The number of nitrogens with zero attached hydrogens (tertiary/aromatic N) is 2. The Morgan fingerprint density at radius 1 is 1.57 bits per heavy atom. The summed E-state index contributed by atoms with van der Waals surface area (Å²) >= 11 is 0. The summed E-state index contributed by atoms with van der Waals surface area (Å²) < 4.78 is 40.1. The van der Waals surface area contributed by atoms with Crippen molar-refractivity contribution < 1.29 is 23.1 Å². The molecule has 2 heterocycles. The van der Waals surface area contributed by atoms with Crippen LogP contribution in [0.5, 0.6) is 0 Å². The van der Waals surface area contributed by atoms with Gasteiger partial charge in [-0.15, -0.1) is 0 Å². The summed E-state index contributed by atoms with van der Waals surface area (Å²) in [6.45, 7) is 5.68. The zero-order valence-corrected chi connectivity index (χ0v) is 14.2. The highest BCUT2D eigenvalue weighted by Crippen LogP contribution is 2.42. The minimum absolute atomic E-state index is 0.0799. The molecule has 130 valence electrons. The lowest BCUT2D eigenvalue weighted by Gasteiger charge is -2.24. The third-order valence-corrected chi connectivity index (χ3v) is 6.62. The SMILES string of the molecule is CC[Si](C)(C)OCC1OC(n2ccc(N)nc2=O)C(F)(F)C1O. The first kappa shape index (κ1) is 18.0. The summed E-state index contributed by atoms with van der Waals surface area (Å²) in [5.41, 5.74) is 4.38. The van der Waals surface area contributed by atoms with E-state index in [9.17, 15) is 18.7 Å². The smallest absolute Gasteiger partial charge is 0.351 e. The lowest BCUT2D eigenvalue weighted by molar-refractivity contribution is -0.140. The third-order valence-electron chi connectivity index (χ3n) is 3.97. The molecular weight excluding hydrogens is 328 g/mol. The van der Waals surface area contributed by atoms with Gasteiger partial charge in [-0.3, -0.25) is 4.57 Å². The van der Waals surface area contributed by atoms with E-state index in [1.807, 2.05) is 20.0 Å². The maximum Gasteiger partial charge on any atom is 0.351 e. The Morgan fingerprint density at radius 3 is 2.78 bits per heavy atom. The molecule has 0 aromatic carbocycles. The highest BCUT2D eigenvalue weighted by molar-refractivity contribution is 6.71. The van der Waals surface area contributed by atoms with Crippen LogP contribution in [0.2, 0.25) is 19.1 Å². The molecule has 1 aliphatic rings. The molecule has 2 rings (SSSR count). The maximum atomic E-state index is 14.3. The summed E-state index contributed by atoms with van der Waals surface area (Å²) in [4.78, 5) is 15.1. The van der Waals surface area contributed by atoms with Crippen molar-refractivity contribution in [1.82, 2.24) is 9.55 Å². The van der Waals surface area contributed by atoms with E-state index in [0.717, 1.165) is 12.2 Å². The molecule has 10 heteroatoms. The molecule has 1 aromatic rings. The fourth-order valence-corrected chi connectivity index (χ4v) is 2.94. The van der Waals surface area contributed by atoms with Crippen molar-refractivity contribution in [3.63, 3.8) is 0 Å². The van der Waals surface area contributed by atoms with Gasteiger partial charge in [0.15, 0.2) is 14.4 Å². The van der Waals surface area contributed by atoms with E-state index in [1.165, 1.54) is 6.07 Å². The van der Waals surface area contributed by atoms with Crippen LogP contribution in [-0.4, -0.2) is 47.7 Å². The second-order valence-electron chi connectivity index (χ2n) is 6.11. The normalized spacial score (nSPS) is 27.3. The molecule has 1 aliphatic heterocycles. The van der Waals surface area contributed by atoms with Gasteiger partial charge < -0.3 is 20.0 Å². The number of alkyl halides is 2. The van der Waals surface area contributed by atoms with Crippen LogP contribution in [0.25, 0.3) is 0 Å². The van der Waals surface area contributed by atoms with Crippen LogP contribution >= 0.6 is 0 Å². The Kier molecular flexibility index (Phi) is 4.90. The lowest BCUT2D eigenvalue weighted by Crippen LogP contribution is -2.43. The van der Waals surface area contributed by atoms with E-state index >= 15 is 0 Å². The molecule has 0 aliphatic carbocycles. The van der Waals surface area contributed by atoms with E-state index in [0.29, 0.717) is 4.57 Å². The summed E-state index contributed by atoms with van der Waals surface area (Å²) in [6, 6.07) is 2.02. The topological polar surface area (TPSA) is 99.6 Å². The van der Waals surface area contributed by atoms with Gasteiger partial charge in [-0.05, 0) is 25.2 Å². The molecule has 1 aromatic heterocycles. The van der Waals surface area contributed by atoms with Crippen LogP contribution in [0, 0.1) is 0 Å². The van der Waals surface area contributed by atoms with Gasteiger partial charge in [0.2, 0.25) is 6.23 Å². The van der Waals surface area contributed by atoms with Gasteiger partial charge in [-0.1, -0.05) is 6.92 Å². The molecule has 0 radical (unpaired) electrons. The highest BCUT2D eigenvalue weighted by Gasteiger charge is 2.59. The van der Waals surface area contributed by atoms with Crippen molar-refractivity contribution >= 4 is 14.1 Å². The number of aliphatic hydroxyl groups is 1. The summed E-state index contributed by atoms with van der Waals surface area (Å²) in [6.07, 6.45) is -4.17. The minimum Gasteiger partial charge on any atom is -0.415 e. The van der Waals surface area contributed by atoms with E-state index in [1.54, 1.807) is 0 Å². The highest BCUT2D eigenvalue weighted by atomic mass is 28.4. The summed E-state index contributed by atoms with van der Waals surface area (Å²) in [7, 11) is -1.97. The van der Waals surface area contributed by atoms with Crippen molar-refractivity contribution in [2.45, 2.75) is 50.4 Å². The molecule has 23 heavy (non-hydrogen) atoms. The van der Waals surface area contributed by atoms with E-state index in [-0.39, 0.29) is 12.4 Å². The molecule has 0 bridgehead atoms. The van der Waals surface area contributed by atoms with Crippen molar-refractivity contribution in [1.29, 1.82) is 0 Å². The maximum absolute atomic E-state index is 14.3. The molecule has 3 N–H and O–H groups in total. The van der Waals surface area contributed by atoms with Crippen molar-refractivity contribution in [2.75, 3.05) is 12.3 Å². The fraction of sp³-hybridized carbons (Fsp3) is 0.692. The number of rotatable bonds is 5. The summed E-state index contributed by atoms with van der Waals surface area (Å²) in [5, 5.41) is 9.86. The van der Waals surface area contributed by atoms with Gasteiger partial charge in [0.25, 0.3) is 0 Å². The Labute approximate surface area is 133 Å². The molecule has 3 atom stereocenters. The van der Waals surface area contributed by atoms with Crippen LogP contribution in [0.4, 0.5) is 14.6 Å². The predicted molar refractivity (Wildman–Crippen MR) is 81.7 cm³/mol. The first-order chi connectivity index (χ1) is 10.6. The van der Waals surface area contributed by atoms with Crippen molar-refractivity contribution in [3.8, 4) is 0 Å². The number of nitrogens with two attached hydrogens (primary N) is 1. The molecule has 0 amide bonds. The second-order valence-corrected chi connectivity index (χ2v) is 10.6. The van der Waals surface area contributed by atoms with E-state index < -0.39 is 38.4 Å². The number of nitrogen functional groups attached to an aromatic ring is 1. The molecule has 7 nitrogen and oxygen atoms in total. The van der Waals surface area contributed by atoms with Crippen LogP contribution in [-0.2, 0) is 9.16 Å². The molecular formula is C13H21F2N3O4Si. The monoisotopic (exact) mass is 349 g/mol. The number of hydrogen-bond acceptors (Lipinski definition) is 6. The van der Waals surface area contributed by atoms with E-state index in [2.05, 4.69) is 4.98 Å². The third kappa shape index (κ3) is 3.60. The first-order valence-electron chi connectivity index (χ1n) is 7.28. The number of anilines is 1. The second kappa shape index (κ2) is 6.27. The van der Waals surface area contributed by atoms with Crippen LogP contribution in [0.1, 0.15) is 13.2 Å². The lowest BCUT2D eigenvalue weighted by atomic mass is 10.1. The molecule has 1 fully saturated rings. The molecule has 3 unspecified atom stereocenters. The fourth-order valence-electron chi connectivity index (χ4n) is 2.12. The first-order valence-corrected chi connectivity index (χ1v) is 10.4. The Morgan fingerprint density at radius 2 is 2.22 bits per heavy atom. The quantitative estimate of drug-likeness (QED) is 0.768. The molecule has 1 saturated heterocycles. The summed E-state index contributed by atoms with van der Waals surface area (Å²) in [5.74, 6) is -3.73. The zero-order valence-electron chi connectivity index (χ0n) is 13.2. The van der Waals surface area contributed by atoms with Crippen LogP contribution in [0.3, 0.4) is 0 Å². The van der Waals surface area contributed by atoms with Gasteiger partial charge in [0.1, 0.15) is 11.9 Å². The van der Waals surface area contributed by atoms with Gasteiger partial charge in [0, 0.05) is 6.20 Å². The average Bonchev–Trinajstić information content (AvgIpc) is 2.69. The van der Waals surface area contributed by atoms with Gasteiger partial charge in [-0.25, -0.2) is 4.79 Å². The van der Waals surface area contributed by atoms with Crippen molar-refractivity contribution in [3.05, 3.63) is 22.7 Å². The Hall–Kier alpha value is -1.36.